The van der Waals surface area contributed by atoms with E-state index in [1.54, 1.807) is 4.31 Å². The minimum atomic E-state index is -3.23. The number of rotatable bonds is 5. The van der Waals surface area contributed by atoms with E-state index in [-0.39, 0.29) is 11.2 Å². The third-order valence-electron chi connectivity index (χ3n) is 6.04. The van der Waals surface area contributed by atoms with Gasteiger partial charge in [0.2, 0.25) is 16.0 Å². The summed E-state index contributed by atoms with van der Waals surface area (Å²) in [5.74, 6) is 0.913. The van der Waals surface area contributed by atoms with Crippen LogP contribution in [-0.4, -0.2) is 54.1 Å². The van der Waals surface area contributed by atoms with Crippen molar-refractivity contribution in [2.75, 3.05) is 31.1 Å². The predicted molar refractivity (Wildman–Crippen MR) is 111 cm³/mol. The Kier molecular flexibility index (Phi) is 5.64. The van der Waals surface area contributed by atoms with E-state index >= 15 is 0 Å². The molecule has 150 valence electrons. The summed E-state index contributed by atoms with van der Waals surface area (Å²) in [4.78, 5) is 11.1. The summed E-state index contributed by atoms with van der Waals surface area (Å²) in [7, 11) is -3.23. The molecule has 0 saturated carbocycles. The van der Waals surface area contributed by atoms with Crippen molar-refractivity contribution < 1.29 is 8.42 Å². The highest BCUT2D eigenvalue weighted by Crippen LogP contribution is 2.34. The lowest BCUT2D eigenvalue weighted by atomic mass is 10.0. The molecule has 2 aliphatic rings. The van der Waals surface area contributed by atoms with Crippen molar-refractivity contribution in [1.29, 1.82) is 0 Å². The van der Waals surface area contributed by atoms with Crippen LogP contribution in [0.2, 0.25) is 0 Å². The number of aromatic nitrogens is 2. The standard InChI is InChI=1S/C21H28N4O2S/c1-2-17-14-22-21(23-15-17)24-11-9-19-16-25(28(26,27)20(19)10-12-24)13-8-18-6-4-3-5-7-18/h3-7,14-15,19-20H,2,8-13,16H2,1H3/t19-,20-/m1/s1. The van der Waals surface area contributed by atoms with E-state index in [0.29, 0.717) is 26.1 Å². The van der Waals surface area contributed by atoms with Gasteiger partial charge in [0.15, 0.2) is 0 Å². The SMILES string of the molecule is CCc1cnc(N2CC[C@@H]3CN(CCc4ccccc4)S(=O)(=O)[C@@H]3CC2)nc1. The fourth-order valence-corrected chi connectivity index (χ4v) is 6.55. The second-order valence-corrected chi connectivity index (χ2v) is 9.90. The van der Waals surface area contributed by atoms with Gasteiger partial charge in [-0.15, -0.1) is 0 Å². The normalized spacial score (nSPS) is 24.7. The van der Waals surface area contributed by atoms with Crippen molar-refractivity contribution in [1.82, 2.24) is 14.3 Å². The largest absolute Gasteiger partial charge is 0.341 e. The molecule has 0 aliphatic carbocycles. The number of hydrogen-bond acceptors (Lipinski definition) is 5. The first kappa shape index (κ1) is 19.3. The van der Waals surface area contributed by atoms with Gasteiger partial charge in [-0.3, -0.25) is 0 Å². The monoisotopic (exact) mass is 400 g/mol. The van der Waals surface area contributed by atoms with E-state index in [1.165, 1.54) is 5.56 Å². The molecule has 0 bridgehead atoms. The summed E-state index contributed by atoms with van der Waals surface area (Å²) in [6, 6.07) is 10.1. The number of anilines is 1. The molecule has 7 heteroatoms. The van der Waals surface area contributed by atoms with Crippen molar-refractivity contribution in [2.24, 2.45) is 5.92 Å². The van der Waals surface area contributed by atoms with Crippen LogP contribution in [0.5, 0.6) is 0 Å². The first-order chi connectivity index (χ1) is 13.6. The van der Waals surface area contributed by atoms with E-state index in [1.807, 2.05) is 30.6 Å². The zero-order chi connectivity index (χ0) is 19.6. The van der Waals surface area contributed by atoms with Crippen LogP contribution in [0.25, 0.3) is 0 Å². The minimum Gasteiger partial charge on any atom is -0.341 e. The van der Waals surface area contributed by atoms with E-state index in [9.17, 15) is 8.42 Å². The van der Waals surface area contributed by atoms with E-state index < -0.39 is 10.0 Å². The summed E-state index contributed by atoms with van der Waals surface area (Å²) < 4.78 is 27.9. The molecule has 28 heavy (non-hydrogen) atoms. The molecule has 6 nitrogen and oxygen atoms in total. The average Bonchev–Trinajstić information content (AvgIpc) is 2.86. The number of hydrogen-bond donors (Lipinski definition) is 0. The fourth-order valence-electron chi connectivity index (χ4n) is 4.31. The number of benzene rings is 1. The Morgan fingerprint density at radius 3 is 2.46 bits per heavy atom. The first-order valence-corrected chi connectivity index (χ1v) is 11.7. The molecule has 1 aromatic carbocycles. The number of nitrogens with zero attached hydrogens (tertiary/aromatic N) is 4. The third kappa shape index (κ3) is 3.91. The van der Waals surface area contributed by atoms with Gasteiger partial charge >= 0.3 is 0 Å². The maximum absolute atomic E-state index is 13.1. The van der Waals surface area contributed by atoms with Crippen molar-refractivity contribution >= 4 is 16.0 Å². The second kappa shape index (κ2) is 8.17. The second-order valence-electron chi connectivity index (χ2n) is 7.75. The number of sulfonamides is 1. The van der Waals surface area contributed by atoms with E-state index in [0.717, 1.165) is 37.3 Å². The highest BCUT2D eigenvalue weighted by atomic mass is 32.2. The highest BCUT2D eigenvalue weighted by molar-refractivity contribution is 7.90. The predicted octanol–water partition coefficient (Wildman–Crippen LogP) is 2.51. The van der Waals surface area contributed by atoms with Gasteiger partial charge in [-0.05, 0) is 42.7 Å². The zero-order valence-corrected chi connectivity index (χ0v) is 17.2. The van der Waals surface area contributed by atoms with Crippen molar-refractivity contribution in [3.05, 3.63) is 53.9 Å². The van der Waals surface area contributed by atoms with Crippen LogP contribution in [0.15, 0.2) is 42.7 Å². The van der Waals surface area contributed by atoms with E-state index in [4.69, 9.17) is 0 Å². The van der Waals surface area contributed by atoms with Crippen LogP contribution in [0.4, 0.5) is 5.95 Å². The Morgan fingerprint density at radius 2 is 1.75 bits per heavy atom. The van der Waals surface area contributed by atoms with Crippen molar-refractivity contribution in [3.8, 4) is 0 Å². The fraction of sp³-hybridized carbons (Fsp3) is 0.524. The maximum Gasteiger partial charge on any atom is 0.225 e. The van der Waals surface area contributed by atoms with Gasteiger partial charge in [0.1, 0.15) is 0 Å². The lowest BCUT2D eigenvalue weighted by Crippen LogP contribution is -2.33. The van der Waals surface area contributed by atoms with Gasteiger partial charge in [-0.2, -0.15) is 0 Å². The van der Waals surface area contributed by atoms with Gasteiger partial charge in [-0.25, -0.2) is 22.7 Å². The summed E-state index contributed by atoms with van der Waals surface area (Å²) in [5.41, 5.74) is 2.30. The van der Waals surface area contributed by atoms with Gasteiger partial charge in [0, 0.05) is 38.6 Å². The smallest absolute Gasteiger partial charge is 0.225 e. The molecule has 2 aromatic rings. The van der Waals surface area contributed by atoms with Crippen LogP contribution in [0.1, 0.15) is 30.9 Å². The van der Waals surface area contributed by atoms with Crippen LogP contribution in [0, 0.1) is 5.92 Å². The Morgan fingerprint density at radius 1 is 1.04 bits per heavy atom. The molecule has 2 atom stereocenters. The molecule has 0 amide bonds. The molecular weight excluding hydrogens is 372 g/mol. The summed E-state index contributed by atoms with van der Waals surface area (Å²) >= 11 is 0. The van der Waals surface area contributed by atoms with E-state index in [2.05, 4.69) is 33.9 Å². The molecule has 2 saturated heterocycles. The topological polar surface area (TPSA) is 66.4 Å². The Balaban J connectivity index is 1.41. The molecule has 0 radical (unpaired) electrons. The van der Waals surface area contributed by atoms with Crippen molar-refractivity contribution in [2.45, 2.75) is 37.9 Å². The third-order valence-corrected chi connectivity index (χ3v) is 8.47. The molecule has 2 aliphatic heterocycles. The van der Waals surface area contributed by atoms with Gasteiger partial charge in [0.25, 0.3) is 0 Å². The molecule has 0 spiro atoms. The first-order valence-electron chi connectivity index (χ1n) is 10.2. The van der Waals surface area contributed by atoms with Gasteiger partial charge in [0.05, 0.1) is 5.25 Å². The van der Waals surface area contributed by atoms with Crippen LogP contribution in [0.3, 0.4) is 0 Å². The Bertz CT molecular complexity index is 886. The van der Waals surface area contributed by atoms with Crippen LogP contribution in [-0.2, 0) is 22.9 Å². The van der Waals surface area contributed by atoms with Crippen LogP contribution < -0.4 is 4.90 Å². The quantitative estimate of drug-likeness (QED) is 0.772. The lowest BCUT2D eigenvalue weighted by Gasteiger charge is -2.22. The highest BCUT2D eigenvalue weighted by Gasteiger charge is 2.46. The molecular formula is C21H28N4O2S. The average molecular weight is 401 g/mol. The number of fused-ring (bicyclic) bond motifs is 1. The summed E-state index contributed by atoms with van der Waals surface area (Å²) in [5, 5.41) is -0.275. The molecule has 4 rings (SSSR count). The molecule has 0 N–H and O–H groups in total. The summed E-state index contributed by atoms with van der Waals surface area (Å²) in [6.07, 6.45) is 6.94. The van der Waals surface area contributed by atoms with Crippen molar-refractivity contribution in [3.63, 3.8) is 0 Å². The van der Waals surface area contributed by atoms with Gasteiger partial charge in [-0.1, -0.05) is 37.3 Å². The summed E-state index contributed by atoms with van der Waals surface area (Å²) in [6.45, 7) is 4.81. The Labute approximate surface area is 167 Å². The maximum atomic E-state index is 13.1. The lowest BCUT2D eigenvalue weighted by molar-refractivity contribution is 0.388. The zero-order valence-electron chi connectivity index (χ0n) is 16.4. The molecule has 0 unspecified atom stereocenters. The molecule has 1 aromatic heterocycles. The Hall–Kier alpha value is -1.99. The van der Waals surface area contributed by atoms with Gasteiger partial charge < -0.3 is 4.90 Å². The van der Waals surface area contributed by atoms with Crippen LogP contribution >= 0.6 is 0 Å². The molecule has 2 fully saturated rings. The minimum absolute atomic E-state index is 0.195. The number of aryl methyl sites for hydroxylation is 1. The molecule has 3 heterocycles.